The molecule has 0 N–H and O–H groups in total. The standard InChI is InChI=1S/C10H9ClO2/c1-12-5-7-6-13-10-8(7)3-2-4-9(10)11/h2-4,6H,5H2,1H3. The van der Waals surface area contributed by atoms with Crippen LogP contribution in [0.4, 0.5) is 0 Å². The normalized spacial score (nSPS) is 10.9. The van der Waals surface area contributed by atoms with Gasteiger partial charge in [0.05, 0.1) is 17.9 Å². The van der Waals surface area contributed by atoms with Crippen molar-refractivity contribution in [2.45, 2.75) is 6.61 Å². The third kappa shape index (κ3) is 1.43. The highest BCUT2D eigenvalue weighted by Crippen LogP contribution is 2.27. The van der Waals surface area contributed by atoms with Gasteiger partial charge >= 0.3 is 0 Å². The van der Waals surface area contributed by atoms with Gasteiger partial charge in [0.1, 0.15) is 0 Å². The highest BCUT2D eigenvalue weighted by Gasteiger charge is 2.07. The number of hydrogen-bond donors (Lipinski definition) is 0. The Kier molecular flexibility index (Phi) is 2.25. The molecule has 1 heterocycles. The molecular weight excluding hydrogens is 188 g/mol. The number of fused-ring (bicyclic) bond motifs is 1. The van der Waals surface area contributed by atoms with Crippen LogP contribution in [0.25, 0.3) is 11.0 Å². The predicted octanol–water partition coefficient (Wildman–Crippen LogP) is 3.23. The van der Waals surface area contributed by atoms with Gasteiger partial charge in [-0.05, 0) is 6.07 Å². The largest absolute Gasteiger partial charge is 0.462 e. The SMILES string of the molecule is COCc1coc2c(Cl)cccc12. The maximum absolute atomic E-state index is 5.94. The molecule has 0 unspecified atom stereocenters. The van der Waals surface area contributed by atoms with Crippen molar-refractivity contribution in [3.8, 4) is 0 Å². The number of benzene rings is 1. The second kappa shape index (κ2) is 3.40. The summed E-state index contributed by atoms with van der Waals surface area (Å²) in [5.41, 5.74) is 1.76. The van der Waals surface area contributed by atoms with E-state index in [1.54, 1.807) is 13.4 Å². The second-order valence-electron chi connectivity index (χ2n) is 2.81. The minimum atomic E-state index is 0.549. The number of furan rings is 1. The molecule has 2 nitrogen and oxygen atoms in total. The van der Waals surface area contributed by atoms with E-state index in [9.17, 15) is 0 Å². The Morgan fingerprint density at radius 1 is 1.46 bits per heavy atom. The van der Waals surface area contributed by atoms with Gasteiger partial charge in [0.2, 0.25) is 0 Å². The summed E-state index contributed by atoms with van der Waals surface area (Å²) in [6.45, 7) is 0.549. The van der Waals surface area contributed by atoms with E-state index < -0.39 is 0 Å². The topological polar surface area (TPSA) is 22.4 Å². The van der Waals surface area contributed by atoms with Gasteiger partial charge in [-0.1, -0.05) is 23.7 Å². The fourth-order valence-electron chi connectivity index (χ4n) is 1.34. The monoisotopic (exact) mass is 196 g/mol. The second-order valence-corrected chi connectivity index (χ2v) is 3.22. The van der Waals surface area contributed by atoms with E-state index in [0.29, 0.717) is 11.6 Å². The van der Waals surface area contributed by atoms with E-state index in [0.717, 1.165) is 16.5 Å². The Labute approximate surface area is 81.1 Å². The molecule has 0 bridgehead atoms. The molecule has 0 fully saturated rings. The van der Waals surface area contributed by atoms with Crippen molar-refractivity contribution >= 4 is 22.6 Å². The molecule has 2 aromatic rings. The lowest BCUT2D eigenvalue weighted by Crippen LogP contribution is -1.83. The van der Waals surface area contributed by atoms with E-state index in [-0.39, 0.29) is 0 Å². The van der Waals surface area contributed by atoms with Gasteiger partial charge in [-0.3, -0.25) is 0 Å². The summed E-state index contributed by atoms with van der Waals surface area (Å²) >= 11 is 5.94. The van der Waals surface area contributed by atoms with Crippen LogP contribution in [-0.2, 0) is 11.3 Å². The zero-order valence-corrected chi connectivity index (χ0v) is 7.97. The van der Waals surface area contributed by atoms with Crippen molar-refractivity contribution in [1.29, 1.82) is 0 Å². The first-order valence-electron chi connectivity index (χ1n) is 3.96. The summed E-state index contributed by atoms with van der Waals surface area (Å²) in [6.07, 6.45) is 1.68. The quantitative estimate of drug-likeness (QED) is 0.736. The van der Waals surface area contributed by atoms with Crippen LogP contribution in [0.1, 0.15) is 5.56 Å². The van der Waals surface area contributed by atoms with Crippen molar-refractivity contribution in [1.82, 2.24) is 0 Å². The number of rotatable bonds is 2. The van der Waals surface area contributed by atoms with Crippen LogP contribution in [0.5, 0.6) is 0 Å². The summed E-state index contributed by atoms with van der Waals surface area (Å²) in [5.74, 6) is 0. The lowest BCUT2D eigenvalue weighted by molar-refractivity contribution is 0.185. The highest BCUT2D eigenvalue weighted by atomic mass is 35.5. The third-order valence-electron chi connectivity index (χ3n) is 1.93. The number of para-hydroxylation sites is 1. The molecule has 0 aliphatic carbocycles. The van der Waals surface area contributed by atoms with Crippen LogP contribution in [0.2, 0.25) is 5.02 Å². The predicted molar refractivity (Wildman–Crippen MR) is 51.9 cm³/mol. The Morgan fingerprint density at radius 3 is 3.08 bits per heavy atom. The smallest absolute Gasteiger partial charge is 0.152 e. The molecule has 0 saturated heterocycles. The molecule has 0 spiro atoms. The van der Waals surface area contributed by atoms with E-state index in [2.05, 4.69) is 0 Å². The minimum absolute atomic E-state index is 0.549. The van der Waals surface area contributed by atoms with Gasteiger partial charge < -0.3 is 9.15 Å². The van der Waals surface area contributed by atoms with Gasteiger partial charge in [-0.2, -0.15) is 0 Å². The van der Waals surface area contributed by atoms with Crippen molar-refractivity contribution in [3.63, 3.8) is 0 Å². The summed E-state index contributed by atoms with van der Waals surface area (Å²) in [7, 11) is 1.66. The molecule has 0 atom stereocenters. The number of methoxy groups -OCH3 is 1. The fourth-order valence-corrected chi connectivity index (χ4v) is 1.56. The molecule has 0 aliphatic heterocycles. The molecule has 2 rings (SSSR count). The Hall–Kier alpha value is -0.990. The summed E-state index contributed by atoms with van der Waals surface area (Å²) in [5, 5.41) is 1.66. The van der Waals surface area contributed by atoms with Crippen LogP contribution in [0.3, 0.4) is 0 Å². The van der Waals surface area contributed by atoms with E-state index >= 15 is 0 Å². The Balaban J connectivity index is 2.61. The summed E-state index contributed by atoms with van der Waals surface area (Å²) in [6, 6.07) is 5.68. The van der Waals surface area contributed by atoms with Crippen LogP contribution < -0.4 is 0 Å². The molecule has 13 heavy (non-hydrogen) atoms. The van der Waals surface area contributed by atoms with Gasteiger partial charge in [0.25, 0.3) is 0 Å². The van der Waals surface area contributed by atoms with Crippen LogP contribution >= 0.6 is 11.6 Å². The van der Waals surface area contributed by atoms with Crippen LogP contribution in [-0.4, -0.2) is 7.11 Å². The minimum Gasteiger partial charge on any atom is -0.462 e. The van der Waals surface area contributed by atoms with E-state index in [1.165, 1.54) is 0 Å². The number of halogens is 1. The Bertz CT molecular complexity index is 420. The third-order valence-corrected chi connectivity index (χ3v) is 2.23. The molecule has 1 aromatic heterocycles. The van der Waals surface area contributed by atoms with Crippen LogP contribution in [0.15, 0.2) is 28.9 Å². The number of ether oxygens (including phenoxy) is 1. The lowest BCUT2D eigenvalue weighted by Gasteiger charge is -1.95. The Morgan fingerprint density at radius 2 is 2.31 bits per heavy atom. The summed E-state index contributed by atoms with van der Waals surface area (Å²) in [4.78, 5) is 0. The first-order valence-corrected chi connectivity index (χ1v) is 4.34. The van der Waals surface area contributed by atoms with E-state index in [1.807, 2.05) is 18.2 Å². The summed E-state index contributed by atoms with van der Waals surface area (Å²) < 4.78 is 10.4. The van der Waals surface area contributed by atoms with Gasteiger partial charge in [-0.15, -0.1) is 0 Å². The van der Waals surface area contributed by atoms with Crippen molar-refractivity contribution in [2.24, 2.45) is 0 Å². The zero-order chi connectivity index (χ0) is 9.26. The van der Waals surface area contributed by atoms with Crippen molar-refractivity contribution in [3.05, 3.63) is 35.0 Å². The van der Waals surface area contributed by atoms with Crippen LogP contribution in [0, 0.1) is 0 Å². The molecule has 0 amide bonds. The zero-order valence-electron chi connectivity index (χ0n) is 7.21. The van der Waals surface area contributed by atoms with Gasteiger partial charge in [-0.25, -0.2) is 0 Å². The molecule has 3 heteroatoms. The van der Waals surface area contributed by atoms with Gasteiger partial charge in [0.15, 0.2) is 5.58 Å². The van der Waals surface area contributed by atoms with Crippen molar-refractivity contribution < 1.29 is 9.15 Å². The average molecular weight is 197 g/mol. The molecule has 1 aromatic carbocycles. The van der Waals surface area contributed by atoms with Crippen molar-refractivity contribution in [2.75, 3.05) is 7.11 Å². The van der Waals surface area contributed by atoms with E-state index in [4.69, 9.17) is 20.8 Å². The highest BCUT2D eigenvalue weighted by molar-refractivity contribution is 6.34. The molecule has 0 saturated carbocycles. The first-order chi connectivity index (χ1) is 6.33. The first kappa shape index (κ1) is 8.60. The lowest BCUT2D eigenvalue weighted by atomic mass is 10.2. The molecular formula is C10H9ClO2. The molecule has 0 radical (unpaired) electrons. The average Bonchev–Trinajstić information content (AvgIpc) is 2.51. The maximum Gasteiger partial charge on any atom is 0.152 e. The maximum atomic E-state index is 5.94. The van der Waals surface area contributed by atoms with Gasteiger partial charge in [0, 0.05) is 18.1 Å². The molecule has 0 aliphatic rings. The molecule has 68 valence electrons. The number of hydrogen-bond acceptors (Lipinski definition) is 2. The fraction of sp³-hybridized carbons (Fsp3) is 0.200.